The van der Waals surface area contributed by atoms with Gasteiger partial charge in [0.2, 0.25) is 0 Å². The van der Waals surface area contributed by atoms with Crippen molar-refractivity contribution in [2.75, 3.05) is 7.11 Å². The van der Waals surface area contributed by atoms with Gasteiger partial charge in [0, 0.05) is 5.75 Å². The second-order valence-electron chi connectivity index (χ2n) is 3.86. The number of hydrogen-bond acceptors (Lipinski definition) is 7. The summed E-state index contributed by atoms with van der Waals surface area (Å²) in [4.78, 5) is 0. The van der Waals surface area contributed by atoms with E-state index in [0.717, 1.165) is 20.2 Å². The fourth-order valence-electron chi connectivity index (χ4n) is 1.35. The zero-order valence-corrected chi connectivity index (χ0v) is 13.5. The van der Waals surface area contributed by atoms with Crippen molar-refractivity contribution in [1.29, 1.82) is 5.26 Å². The van der Waals surface area contributed by atoms with E-state index in [2.05, 4.69) is 16.3 Å². The minimum atomic E-state index is -0.0950. The van der Waals surface area contributed by atoms with E-state index in [1.165, 1.54) is 28.7 Å². The van der Waals surface area contributed by atoms with Gasteiger partial charge in [-0.25, -0.2) is 0 Å². The predicted octanol–water partition coefficient (Wildman–Crippen LogP) is 3.84. The molecule has 0 spiro atoms. The lowest BCUT2D eigenvalue weighted by molar-refractivity contribution is 0.414. The summed E-state index contributed by atoms with van der Waals surface area (Å²) in [5, 5.41) is 16.9. The summed E-state index contributed by atoms with van der Waals surface area (Å²) < 4.78 is 6.89. The highest BCUT2D eigenvalue weighted by atomic mass is 32.2. The predicted molar refractivity (Wildman–Crippen MR) is 83.4 cm³/mol. The lowest BCUT2D eigenvalue weighted by atomic mass is 10.2. The minimum absolute atomic E-state index is 0.0950. The van der Waals surface area contributed by atoms with E-state index in [0.29, 0.717) is 0 Å². The van der Waals surface area contributed by atoms with Crippen LogP contribution in [0.25, 0.3) is 0 Å². The molecule has 104 valence electrons. The molecule has 0 saturated heterocycles. The van der Waals surface area contributed by atoms with Crippen LogP contribution in [0, 0.1) is 11.3 Å². The molecule has 2 rings (SSSR count). The first-order valence-electron chi connectivity index (χ1n) is 5.87. The van der Waals surface area contributed by atoms with Crippen LogP contribution >= 0.6 is 34.9 Å². The Bertz CT molecular complexity index is 592. The molecule has 0 unspecified atom stereocenters. The van der Waals surface area contributed by atoms with Crippen LogP contribution in [-0.2, 0) is 5.75 Å². The second-order valence-corrected chi connectivity index (χ2v) is 7.65. The molecule has 0 saturated carbocycles. The fraction of sp³-hybridized carbons (Fsp3) is 0.308. The maximum absolute atomic E-state index is 8.77. The van der Waals surface area contributed by atoms with Crippen molar-refractivity contribution in [1.82, 2.24) is 10.2 Å². The highest BCUT2D eigenvalue weighted by Gasteiger charge is 2.09. The largest absolute Gasteiger partial charge is 0.497 e. The van der Waals surface area contributed by atoms with Gasteiger partial charge in [-0.05, 0) is 24.6 Å². The quantitative estimate of drug-likeness (QED) is 0.753. The number of rotatable bonds is 6. The number of thioether (sulfide) groups is 2. The fourth-order valence-corrected chi connectivity index (χ4v) is 4.35. The summed E-state index contributed by atoms with van der Waals surface area (Å²) in [6.45, 7) is 1.86. The van der Waals surface area contributed by atoms with E-state index in [9.17, 15) is 0 Å². The lowest BCUT2D eigenvalue weighted by Crippen LogP contribution is -1.88. The van der Waals surface area contributed by atoms with Crippen LogP contribution in [0.3, 0.4) is 0 Å². The smallest absolute Gasteiger partial charge is 0.176 e. The van der Waals surface area contributed by atoms with Crippen LogP contribution in [-0.4, -0.2) is 22.6 Å². The number of benzene rings is 1. The molecular weight excluding hydrogens is 310 g/mol. The maximum atomic E-state index is 8.77. The molecule has 1 aromatic carbocycles. The number of ether oxygens (including phenoxy) is 1. The lowest BCUT2D eigenvalue weighted by Gasteiger charge is -2.01. The molecule has 0 N–H and O–H groups in total. The summed E-state index contributed by atoms with van der Waals surface area (Å²) in [5.74, 6) is 1.70. The van der Waals surface area contributed by atoms with Crippen LogP contribution in [0.2, 0.25) is 0 Å². The number of nitrogens with zero attached hydrogens (tertiary/aromatic N) is 3. The summed E-state index contributed by atoms with van der Waals surface area (Å²) in [5.41, 5.74) is 1.21. The van der Waals surface area contributed by atoms with Gasteiger partial charge in [-0.15, -0.1) is 10.2 Å². The average molecular weight is 323 g/mol. The summed E-state index contributed by atoms with van der Waals surface area (Å²) in [6, 6.07) is 10.2. The monoisotopic (exact) mass is 323 g/mol. The molecule has 0 radical (unpaired) electrons. The van der Waals surface area contributed by atoms with Crippen molar-refractivity contribution in [2.24, 2.45) is 0 Å². The zero-order chi connectivity index (χ0) is 14.4. The molecule has 0 aliphatic carbocycles. The van der Waals surface area contributed by atoms with E-state index in [4.69, 9.17) is 10.00 Å². The maximum Gasteiger partial charge on any atom is 0.176 e. The van der Waals surface area contributed by atoms with Gasteiger partial charge in [0.05, 0.1) is 18.4 Å². The first kappa shape index (κ1) is 15.2. The van der Waals surface area contributed by atoms with Crippen molar-refractivity contribution in [2.45, 2.75) is 26.6 Å². The molecule has 1 atom stereocenters. The molecule has 0 aliphatic rings. The number of methoxy groups -OCH3 is 1. The van der Waals surface area contributed by atoms with E-state index in [1.807, 2.05) is 31.2 Å². The third kappa shape index (κ3) is 4.40. The van der Waals surface area contributed by atoms with E-state index < -0.39 is 0 Å². The van der Waals surface area contributed by atoms with Crippen LogP contribution in [0.1, 0.15) is 12.5 Å². The molecular formula is C13H13N3OS3. The van der Waals surface area contributed by atoms with Gasteiger partial charge in [0.15, 0.2) is 8.68 Å². The Morgan fingerprint density at radius 1 is 1.30 bits per heavy atom. The first-order valence-corrected chi connectivity index (χ1v) is 8.55. The Morgan fingerprint density at radius 3 is 2.65 bits per heavy atom. The number of nitriles is 1. The molecule has 7 heteroatoms. The van der Waals surface area contributed by atoms with Crippen molar-refractivity contribution < 1.29 is 4.74 Å². The highest BCUT2D eigenvalue weighted by molar-refractivity contribution is 8.03. The van der Waals surface area contributed by atoms with Crippen LogP contribution in [0.5, 0.6) is 5.75 Å². The second kappa shape index (κ2) is 7.53. The minimum Gasteiger partial charge on any atom is -0.497 e. The van der Waals surface area contributed by atoms with Crippen LogP contribution in [0.15, 0.2) is 32.9 Å². The Morgan fingerprint density at radius 2 is 2.00 bits per heavy atom. The van der Waals surface area contributed by atoms with Crippen LogP contribution < -0.4 is 4.74 Å². The third-order valence-corrected chi connectivity index (χ3v) is 5.57. The molecule has 0 aliphatic heterocycles. The molecule has 1 aromatic heterocycles. The van der Waals surface area contributed by atoms with Crippen molar-refractivity contribution in [3.63, 3.8) is 0 Å². The first-order chi connectivity index (χ1) is 9.71. The normalized spacial score (nSPS) is 11.8. The topological polar surface area (TPSA) is 58.8 Å². The van der Waals surface area contributed by atoms with Gasteiger partial charge in [0.25, 0.3) is 0 Å². The summed E-state index contributed by atoms with van der Waals surface area (Å²) >= 11 is 4.63. The zero-order valence-electron chi connectivity index (χ0n) is 11.1. The van der Waals surface area contributed by atoms with Gasteiger partial charge >= 0.3 is 0 Å². The molecule has 0 fully saturated rings. The summed E-state index contributed by atoms with van der Waals surface area (Å²) in [6.07, 6.45) is 0. The molecule has 1 heterocycles. The Labute approximate surface area is 130 Å². The number of hydrogen-bond donors (Lipinski definition) is 0. The van der Waals surface area contributed by atoms with Crippen molar-refractivity contribution in [3.8, 4) is 11.8 Å². The Hall–Kier alpha value is -1.23. The van der Waals surface area contributed by atoms with Crippen molar-refractivity contribution >= 4 is 34.9 Å². The van der Waals surface area contributed by atoms with E-state index in [1.54, 1.807) is 18.9 Å². The molecule has 0 bridgehead atoms. The summed E-state index contributed by atoms with van der Waals surface area (Å²) in [7, 11) is 1.66. The van der Waals surface area contributed by atoms with Gasteiger partial charge in [0.1, 0.15) is 5.75 Å². The number of aromatic nitrogens is 2. The van der Waals surface area contributed by atoms with E-state index in [-0.39, 0.29) is 5.25 Å². The standard InChI is InChI=1S/C13H13N3OS3/c1-9(7-14)19-13-16-15-12(20-13)18-8-10-3-5-11(17-2)6-4-10/h3-6,9H,8H2,1-2H3/t9-/m0/s1. The molecule has 0 amide bonds. The van der Waals surface area contributed by atoms with Gasteiger partial charge in [-0.1, -0.05) is 47.0 Å². The van der Waals surface area contributed by atoms with E-state index >= 15 is 0 Å². The third-order valence-electron chi connectivity index (χ3n) is 2.37. The SMILES string of the molecule is COc1ccc(CSc2nnc(S[C@@H](C)C#N)s2)cc1. The average Bonchev–Trinajstić information content (AvgIpc) is 2.93. The van der Waals surface area contributed by atoms with Crippen molar-refractivity contribution in [3.05, 3.63) is 29.8 Å². The van der Waals surface area contributed by atoms with Gasteiger partial charge in [-0.3, -0.25) is 0 Å². The van der Waals surface area contributed by atoms with Crippen LogP contribution in [0.4, 0.5) is 0 Å². The highest BCUT2D eigenvalue weighted by Crippen LogP contribution is 2.32. The van der Waals surface area contributed by atoms with Gasteiger partial charge < -0.3 is 4.74 Å². The Kier molecular flexibility index (Phi) is 5.71. The van der Waals surface area contributed by atoms with Gasteiger partial charge in [-0.2, -0.15) is 5.26 Å². The molecule has 20 heavy (non-hydrogen) atoms. The Balaban J connectivity index is 1.89. The molecule has 4 nitrogen and oxygen atoms in total. The molecule has 2 aromatic rings.